The topological polar surface area (TPSA) is 17.8 Å². The number of rotatable bonds is 6. The fourth-order valence-electron chi connectivity index (χ4n) is 8.47. The SMILES string of the molecule is C1=CC2C(c3cccc(-n4c(-c5ccc(-c6ccccc6)cc5)nc5ccccc54)c3)=c3ccccc3=C(c3ccccc3-c3ccccc3)C2C=C1. The molecule has 0 radical (unpaired) electrons. The van der Waals surface area contributed by atoms with E-state index < -0.39 is 0 Å². The van der Waals surface area contributed by atoms with E-state index in [0.29, 0.717) is 0 Å². The van der Waals surface area contributed by atoms with E-state index in [2.05, 4.69) is 211 Å². The summed E-state index contributed by atoms with van der Waals surface area (Å²) in [7, 11) is 0. The molecule has 0 saturated heterocycles. The summed E-state index contributed by atoms with van der Waals surface area (Å²) in [4.78, 5) is 5.21. The molecular weight excluding hydrogens is 641 g/mol. The highest BCUT2D eigenvalue weighted by Crippen LogP contribution is 2.43. The highest BCUT2D eigenvalue weighted by molar-refractivity contribution is 5.88. The molecule has 0 saturated carbocycles. The highest BCUT2D eigenvalue weighted by atomic mass is 15.1. The van der Waals surface area contributed by atoms with E-state index in [1.807, 2.05) is 0 Å². The molecular formula is C51H36N2. The Hall–Kier alpha value is -6.77. The van der Waals surface area contributed by atoms with Gasteiger partial charge in [-0.3, -0.25) is 4.57 Å². The smallest absolute Gasteiger partial charge is 0.145 e. The normalized spacial score (nSPS) is 16.1. The van der Waals surface area contributed by atoms with Crippen molar-refractivity contribution >= 4 is 22.2 Å². The van der Waals surface area contributed by atoms with E-state index in [1.165, 1.54) is 55.0 Å². The fraction of sp³-hybridized carbons (Fsp3) is 0.0392. The fourth-order valence-corrected chi connectivity index (χ4v) is 8.47. The Bertz CT molecular complexity index is 2820. The van der Waals surface area contributed by atoms with Gasteiger partial charge in [0.15, 0.2) is 0 Å². The summed E-state index contributed by atoms with van der Waals surface area (Å²) in [6.45, 7) is 0. The second-order valence-corrected chi connectivity index (χ2v) is 13.9. The molecule has 0 fully saturated rings. The first-order valence-electron chi connectivity index (χ1n) is 18.4. The molecule has 1 aromatic heterocycles. The summed E-state index contributed by atoms with van der Waals surface area (Å²) in [6.07, 6.45) is 9.25. The maximum Gasteiger partial charge on any atom is 0.145 e. The van der Waals surface area contributed by atoms with Crippen molar-refractivity contribution in [3.63, 3.8) is 0 Å². The molecule has 0 aliphatic heterocycles. The third kappa shape index (κ3) is 5.39. The first kappa shape index (κ1) is 31.0. The molecule has 2 aliphatic carbocycles. The molecule has 0 spiro atoms. The number of hydrogen-bond acceptors (Lipinski definition) is 1. The van der Waals surface area contributed by atoms with Crippen LogP contribution in [0, 0.1) is 11.8 Å². The lowest BCUT2D eigenvalue weighted by atomic mass is 9.69. The van der Waals surface area contributed by atoms with Crippen LogP contribution in [-0.4, -0.2) is 9.55 Å². The van der Waals surface area contributed by atoms with Gasteiger partial charge in [-0.1, -0.05) is 182 Å². The standard InChI is InChI=1S/C51H36N2/c1-3-16-35(17-4-1)36-30-32-38(33-31-36)51-52-47-28-13-14-29-48(47)53(51)40-21-15-20-39(34-40)49-43-24-9-11-26-45(43)50(46-27-12-10-25-44(46)49)42-23-8-7-22-41(42)37-18-5-2-6-19-37/h1-34,43,45H. The van der Waals surface area contributed by atoms with Gasteiger partial charge in [0, 0.05) is 23.1 Å². The Balaban J connectivity index is 1.18. The summed E-state index contributed by atoms with van der Waals surface area (Å²) >= 11 is 0. The quantitative estimate of drug-likeness (QED) is 0.171. The van der Waals surface area contributed by atoms with Crippen LogP contribution in [0.2, 0.25) is 0 Å². The molecule has 10 rings (SSSR count). The van der Waals surface area contributed by atoms with Crippen molar-refractivity contribution in [2.75, 3.05) is 0 Å². The molecule has 2 heteroatoms. The van der Waals surface area contributed by atoms with Crippen molar-refractivity contribution in [1.29, 1.82) is 0 Å². The number of hydrogen-bond donors (Lipinski definition) is 0. The Morgan fingerprint density at radius 2 is 0.943 bits per heavy atom. The number of imidazole rings is 1. The van der Waals surface area contributed by atoms with Gasteiger partial charge in [0.2, 0.25) is 0 Å². The summed E-state index contributed by atoms with van der Waals surface area (Å²) in [5.41, 5.74) is 14.4. The van der Waals surface area contributed by atoms with Crippen molar-refractivity contribution in [2.45, 2.75) is 0 Å². The predicted molar refractivity (Wildman–Crippen MR) is 220 cm³/mol. The minimum Gasteiger partial charge on any atom is -0.292 e. The molecule has 0 N–H and O–H groups in total. The maximum absolute atomic E-state index is 5.21. The third-order valence-corrected chi connectivity index (χ3v) is 10.8. The van der Waals surface area contributed by atoms with Crippen LogP contribution < -0.4 is 10.4 Å². The number of para-hydroxylation sites is 2. The average molecular weight is 677 g/mol. The van der Waals surface area contributed by atoms with Crippen LogP contribution in [0.4, 0.5) is 0 Å². The number of fused-ring (bicyclic) bond motifs is 3. The molecule has 8 aromatic rings. The van der Waals surface area contributed by atoms with Crippen LogP contribution in [0.5, 0.6) is 0 Å². The van der Waals surface area contributed by atoms with Gasteiger partial charge in [0.1, 0.15) is 5.82 Å². The van der Waals surface area contributed by atoms with Gasteiger partial charge in [-0.05, 0) is 79.2 Å². The van der Waals surface area contributed by atoms with Gasteiger partial charge in [-0.15, -0.1) is 0 Å². The first-order chi connectivity index (χ1) is 26.3. The van der Waals surface area contributed by atoms with Crippen molar-refractivity contribution in [3.05, 3.63) is 228 Å². The number of benzene rings is 7. The maximum atomic E-state index is 5.21. The Morgan fingerprint density at radius 1 is 0.396 bits per heavy atom. The zero-order chi connectivity index (χ0) is 35.1. The summed E-state index contributed by atoms with van der Waals surface area (Å²) in [6, 6.07) is 65.6. The van der Waals surface area contributed by atoms with E-state index in [-0.39, 0.29) is 11.8 Å². The molecule has 250 valence electrons. The zero-order valence-corrected chi connectivity index (χ0v) is 29.2. The van der Waals surface area contributed by atoms with Crippen LogP contribution in [0.1, 0.15) is 11.1 Å². The highest BCUT2D eigenvalue weighted by Gasteiger charge is 2.33. The lowest BCUT2D eigenvalue weighted by Crippen LogP contribution is -2.40. The van der Waals surface area contributed by atoms with Crippen LogP contribution in [0.25, 0.3) is 61.5 Å². The monoisotopic (exact) mass is 676 g/mol. The van der Waals surface area contributed by atoms with Crippen molar-refractivity contribution in [3.8, 4) is 39.3 Å². The summed E-state index contributed by atoms with van der Waals surface area (Å²) in [5, 5.41) is 2.58. The third-order valence-electron chi connectivity index (χ3n) is 10.8. The summed E-state index contributed by atoms with van der Waals surface area (Å²) in [5.74, 6) is 1.29. The number of nitrogens with zero attached hydrogens (tertiary/aromatic N) is 2. The average Bonchev–Trinajstić information content (AvgIpc) is 3.63. The van der Waals surface area contributed by atoms with Crippen LogP contribution in [0.15, 0.2) is 206 Å². The van der Waals surface area contributed by atoms with Gasteiger partial charge in [0.05, 0.1) is 11.0 Å². The van der Waals surface area contributed by atoms with Gasteiger partial charge < -0.3 is 0 Å². The Morgan fingerprint density at radius 3 is 1.70 bits per heavy atom. The van der Waals surface area contributed by atoms with E-state index in [1.54, 1.807) is 0 Å². The molecule has 0 bridgehead atoms. The molecule has 0 amide bonds. The molecule has 2 atom stereocenters. The minimum absolute atomic E-state index is 0.175. The Labute approximate surface area is 309 Å². The van der Waals surface area contributed by atoms with E-state index in [0.717, 1.165) is 28.1 Å². The van der Waals surface area contributed by atoms with E-state index in [9.17, 15) is 0 Å². The first-order valence-corrected chi connectivity index (χ1v) is 18.4. The zero-order valence-electron chi connectivity index (χ0n) is 29.2. The van der Waals surface area contributed by atoms with Gasteiger partial charge in [-0.25, -0.2) is 4.98 Å². The minimum atomic E-state index is 0.175. The van der Waals surface area contributed by atoms with Crippen LogP contribution in [-0.2, 0) is 0 Å². The van der Waals surface area contributed by atoms with Gasteiger partial charge >= 0.3 is 0 Å². The molecule has 53 heavy (non-hydrogen) atoms. The summed E-state index contributed by atoms with van der Waals surface area (Å²) < 4.78 is 2.33. The van der Waals surface area contributed by atoms with Crippen LogP contribution >= 0.6 is 0 Å². The molecule has 2 aliphatic rings. The van der Waals surface area contributed by atoms with Crippen LogP contribution in [0.3, 0.4) is 0 Å². The molecule has 2 nitrogen and oxygen atoms in total. The Kier molecular flexibility index (Phi) is 7.66. The van der Waals surface area contributed by atoms with Crippen molar-refractivity contribution < 1.29 is 0 Å². The molecule has 7 aromatic carbocycles. The van der Waals surface area contributed by atoms with E-state index in [4.69, 9.17) is 4.98 Å². The van der Waals surface area contributed by atoms with Gasteiger partial charge in [-0.2, -0.15) is 0 Å². The predicted octanol–water partition coefficient (Wildman–Crippen LogP) is 10.8. The molecule has 2 unspecified atom stereocenters. The van der Waals surface area contributed by atoms with Crippen molar-refractivity contribution in [1.82, 2.24) is 9.55 Å². The number of allylic oxidation sites excluding steroid dienone is 4. The van der Waals surface area contributed by atoms with Gasteiger partial charge in [0.25, 0.3) is 0 Å². The largest absolute Gasteiger partial charge is 0.292 e. The second-order valence-electron chi connectivity index (χ2n) is 13.9. The van der Waals surface area contributed by atoms with Crippen molar-refractivity contribution in [2.24, 2.45) is 11.8 Å². The lowest BCUT2D eigenvalue weighted by molar-refractivity contribution is 0.686. The lowest BCUT2D eigenvalue weighted by Gasteiger charge is -2.34. The number of aromatic nitrogens is 2. The van der Waals surface area contributed by atoms with E-state index >= 15 is 0 Å². The molecule has 1 heterocycles. The second kappa shape index (κ2) is 13.1.